The summed E-state index contributed by atoms with van der Waals surface area (Å²) in [5.74, 6) is 1.39. The van der Waals surface area contributed by atoms with E-state index in [1.54, 1.807) is 0 Å². The molecule has 2 atom stereocenters. The fraction of sp³-hybridized carbons (Fsp3) is 0.562. The van der Waals surface area contributed by atoms with E-state index in [0.29, 0.717) is 12.0 Å². The Morgan fingerprint density at radius 3 is 3.00 bits per heavy atom. The van der Waals surface area contributed by atoms with Crippen molar-refractivity contribution in [2.75, 3.05) is 5.88 Å². The Morgan fingerprint density at radius 1 is 1.35 bits per heavy atom. The van der Waals surface area contributed by atoms with Crippen molar-refractivity contribution in [3.63, 3.8) is 0 Å². The van der Waals surface area contributed by atoms with Crippen LogP contribution in [0.1, 0.15) is 31.9 Å². The Balaban J connectivity index is 1.77. The van der Waals surface area contributed by atoms with Crippen molar-refractivity contribution < 1.29 is 0 Å². The lowest BCUT2D eigenvalue weighted by molar-refractivity contribution is 0.426. The van der Waals surface area contributed by atoms with E-state index in [-0.39, 0.29) is 0 Å². The summed E-state index contributed by atoms with van der Waals surface area (Å²) in [6, 6.07) is 9.03. The molecule has 1 aromatic carbocycles. The van der Waals surface area contributed by atoms with Crippen LogP contribution >= 0.6 is 11.6 Å². The van der Waals surface area contributed by atoms with Crippen LogP contribution in [0.25, 0.3) is 10.9 Å². The number of hydrogen-bond donors (Lipinski definition) is 1. The molecule has 1 fully saturated rings. The molecule has 0 bridgehead atoms. The molecule has 108 valence electrons. The predicted molar refractivity (Wildman–Crippen MR) is 84.1 cm³/mol. The van der Waals surface area contributed by atoms with Gasteiger partial charge in [-0.2, -0.15) is 5.10 Å². The molecular weight excluding hydrogens is 270 g/mol. The molecule has 1 N–H and O–H groups in total. The van der Waals surface area contributed by atoms with Crippen LogP contribution in [0, 0.1) is 5.92 Å². The quantitative estimate of drug-likeness (QED) is 0.854. The molecule has 0 amide bonds. The molecule has 1 aromatic heterocycles. The highest BCUT2D eigenvalue weighted by Crippen LogP contribution is 2.27. The van der Waals surface area contributed by atoms with Crippen molar-refractivity contribution in [1.29, 1.82) is 0 Å². The maximum atomic E-state index is 6.05. The number of para-hydroxylation sites is 1. The lowest BCUT2D eigenvalue weighted by atomic mass is 10.1. The summed E-state index contributed by atoms with van der Waals surface area (Å²) in [6.45, 7) is 3.89. The smallest absolute Gasteiger partial charge is 0.0841 e. The van der Waals surface area contributed by atoms with Crippen LogP contribution in [0.15, 0.2) is 24.3 Å². The molecule has 1 heterocycles. The summed E-state index contributed by atoms with van der Waals surface area (Å²) in [5, 5.41) is 9.67. The van der Waals surface area contributed by atoms with Gasteiger partial charge in [-0.25, -0.2) is 0 Å². The Morgan fingerprint density at radius 2 is 2.20 bits per heavy atom. The minimum atomic E-state index is 0.554. The number of rotatable bonds is 5. The van der Waals surface area contributed by atoms with Crippen molar-refractivity contribution >= 4 is 22.5 Å². The number of aryl methyl sites for hydroxylation is 1. The predicted octanol–water partition coefficient (Wildman–Crippen LogP) is 3.55. The van der Waals surface area contributed by atoms with Gasteiger partial charge in [0.05, 0.1) is 11.2 Å². The molecule has 3 rings (SSSR count). The molecule has 1 aliphatic carbocycles. The highest BCUT2D eigenvalue weighted by atomic mass is 35.5. The average molecular weight is 292 g/mol. The minimum Gasteiger partial charge on any atom is -0.308 e. The fourth-order valence-corrected chi connectivity index (χ4v) is 3.66. The van der Waals surface area contributed by atoms with Crippen LogP contribution < -0.4 is 5.32 Å². The van der Waals surface area contributed by atoms with E-state index in [9.17, 15) is 0 Å². The molecule has 2 unspecified atom stereocenters. The third-order valence-electron chi connectivity index (χ3n) is 4.42. The van der Waals surface area contributed by atoms with Gasteiger partial charge in [0.2, 0.25) is 0 Å². The van der Waals surface area contributed by atoms with E-state index in [0.717, 1.165) is 24.7 Å². The SMILES string of the molecule is CCn1nc(CNC2CCCC2CCl)c2ccccc21. The molecule has 0 saturated heterocycles. The van der Waals surface area contributed by atoms with E-state index in [2.05, 4.69) is 41.2 Å². The number of aromatic nitrogens is 2. The van der Waals surface area contributed by atoms with E-state index in [1.165, 1.54) is 30.2 Å². The maximum absolute atomic E-state index is 6.05. The number of nitrogens with zero attached hydrogens (tertiary/aromatic N) is 2. The third-order valence-corrected chi connectivity index (χ3v) is 4.82. The van der Waals surface area contributed by atoms with Crippen LogP contribution in [0.3, 0.4) is 0 Å². The molecular formula is C16H22ClN3. The zero-order valence-corrected chi connectivity index (χ0v) is 12.7. The molecule has 2 aromatic rings. The van der Waals surface area contributed by atoms with Crippen LogP contribution in [0.2, 0.25) is 0 Å². The van der Waals surface area contributed by atoms with Gasteiger partial charge in [0.25, 0.3) is 0 Å². The molecule has 0 radical (unpaired) electrons. The van der Waals surface area contributed by atoms with Crippen LogP contribution in [0.5, 0.6) is 0 Å². The van der Waals surface area contributed by atoms with Gasteiger partial charge < -0.3 is 5.32 Å². The molecule has 3 nitrogen and oxygen atoms in total. The zero-order chi connectivity index (χ0) is 13.9. The Hall–Kier alpha value is -1.06. The highest BCUT2D eigenvalue weighted by Gasteiger charge is 2.26. The van der Waals surface area contributed by atoms with E-state index >= 15 is 0 Å². The lowest BCUT2D eigenvalue weighted by Crippen LogP contribution is -2.32. The lowest BCUT2D eigenvalue weighted by Gasteiger charge is -2.18. The normalized spacial score (nSPS) is 22.7. The molecule has 1 saturated carbocycles. The topological polar surface area (TPSA) is 29.9 Å². The zero-order valence-electron chi connectivity index (χ0n) is 12.0. The Labute approximate surface area is 125 Å². The minimum absolute atomic E-state index is 0.554. The van der Waals surface area contributed by atoms with E-state index < -0.39 is 0 Å². The van der Waals surface area contributed by atoms with Crippen LogP contribution in [-0.2, 0) is 13.1 Å². The van der Waals surface area contributed by atoms with Gasteiger partial charge in [0, 0.05) is 30.4 Å². The molecule has 1 aliphatic rings. The summed E-state index contributed by atoms with van der Waals surface area (Å²) in [7, 11) is 0. The van der Waals surface area contributed by atoms with Crippen molar-refractivity contribution in [2.45, 2.75) is 45.3 Å². The molecule has 0 aliphatic heterocycles. The highest BCUT2D eigenvalue weighted by molar-refractivity contribution is 6.18. The summed E-state index contributed by atoms with van der Waals surface area (Å²) >= 11 is 6.05. The van der Waals surface area contributed by atoms with Gasteiger partial charge in [-0.3, -0.25) is 4.68 Å². The van der Waals surface area contributed by atoms with Gasteiger partial charge in [-0.1, -0.05) is 24.6 Å². The second kappa shape index (κ2) is 6.15. The standard InChI is InChI=1S/C16H22ClN3/c1-2-20-16-9-4-3-7-13(16)15(19-20)11-18-14-8-5-6-12(14)10-17/h3-4,7,9,12,14,18H,2,5-6,8,10-11H2,1H3. The first-order valence-corrected chi connectivity index (χ1v) is 8.10. The Kier molecular flexibility index (Phi) is 4.27. The summed E-state index contributed by atoms with van der Waals surface area (Å²) in [4.78, 5) is 0. The van der Waals surface area contributed by atoms with Gasteiger partial charge >= 0.3 is 0 Å². The summed E-state index contributed by atoms with van der Waals surface area (Å²) in [5.41, 5.74) is 2.38. The Bertz CT molecular complexity index is 578. The maximum Gasteiger partial charge on any atom is 0.0841 e. The first-order valence-electron chi connectivity index (χ1n) is 7.57. The average Bonchev–Trinajstić information content (AvgIpc) is 3.09. The summed E-state index contributed by atoms with van der Waals surface area (Å²) in [6.07, 6.45) is 3.79. The number of hydrogen-bond acceptors (Lipinski definition) is 2. The van der Waals surface area contributed by atoms with Gasteiger partial charge in [0.1, 0.15) is 0 Å². The van der Waals surface area contributed by atoms with Crippen molar-refractivity contribution in [2.24, 2.45) is 5.92 Å². The summed E-state index contributed by atoms with van der Waals surface area (Å²) < 4.78 is 2.08. The second-order valence-electron chi connectivity index (χ2n) is 5.61. The number of halogens is 1. The first-order chi connectivity index (χ1) is 9.83. The van der Waals surface area contributed by atoms with Crippen molar-refractivity contribution in [1.82, 2.24) is 15.1 Å². The van der Waals surface area contributed by atoms with Gasteiger partial charge in [-0.15, -0.1) is 11.6 Å². The third kappa shape index (κ3) is 2.57. The number of benzene rings is 1. The molecule has 20 heavy (non-hydrogen) atoms. The largest absolute Gasteiger partial charge is 0.308 e. The molecule has 4 heteroatoms. The van der Waals surface area contributed by atoms with Crippen molar-refractivity contribution in [3.05, 3.63) is 30.0 Å². The molecule has 0 spiro atoms. The van der Waals surface area contributed by atoms with Crippen LogP contribution in [0.4, 0.5) is 0 Å². The van der Waals surface area contributed by atoms with Gasteiger partial charge in [-0.05, 0) is 31.7 Å². The van der Waals surface area contributed by atoms with E-state index in [4.69, 9.17) is 16.7 Å². The van der Waals surface area contributed by atoms with E-state index in [1.807, 2.05) is 0 Å². The first kappa shape index (κ1) is 13.9. The number of alkyl halides is 1. The van der Waals surface area contributed by atoms with Crippen LogP contribution in [-0.4, -0.2) is 21.7 Å². The van der Waals surface area contributed by atoms with Crippen molar-refractivity contribution in [3.8, 4) is 0 Å². The number of nitrogens with one attached hydrogen (secondary N) is 1. The second-order valence-corrected chi connectivity index (χ2v) is 5.92. The monoisotopic (exact) mass is 291 g/mol. The number of fused-ring (bicyclic) bond motifs is 1. The van der Waals surface area contributed by atoms with Gasteiger partial charge in [0.15, 0.2) is 0 Å². The fourth-order valence-electron chi connectivity index (χ4n) is 3.29.